The number of aryl methyl sites for hydroxylation is 1. The van der Waals surface area contributed by atoms with Crippen molar-refractivity contribution in [1.82, 2.24) is 9.55 Å². The number of phosphoric ester groups is 1. The first-order chi connectivity index (χ1) is 14.1. The third-order valence-corrected chi connectivity index (χ3v) is 5.79. The van der Waals surface area contributed by atoms with Crippen molar-refractivity contribution in [3.63, 3.8) is 0 Å². The number of azide groups is 1. The normalized spacial score (nSPS) is 23.9. The molecule has 0 aromatic carbocycles. The molecule has 0 spiro atoms. The van der Waals surface area contributed by atoms with Gasteiger partial charge >= 0.3 is 19.5 Å². The van der Waals surface area contributed by atoms with Crippen molar-refractivity contribution in [2.24, 2.45) is 5.11 Å². The maximum absolute atomic E-state index is 12.6. The molecular formula is C15H22N5O9P. The zero-order chi connectivity index (χ0) is 22.5. The Kier molecular flexibility index (Phi) is 7.96. The Bertz CT molecular complexity index is 985. The lowest BCUT2D eigenvalue weighted by Crippen LogP contribution is -2.33. The lowest BCUT2D eigenvalue weighted by molar-refractivity contribution is -0.149. The summed E-state index contributed by atoms with van der Waals surface area (Å²) in [6.45, 7) is 2.43. The molecule has 0 bridgehead atoms. The van der Waals surface area contributed by atoms with Crippen LogP contribution in [0.25, 0.3) is 10.4 Å². The van der Waals surface area contributed by atoms with E-state index >= 15 is 0 Å². The van der Waals surface area contributed by atoms with Crippen molar-refractivity contribution in [3.05, 3.63) is 43.0 Å². The largest absolute Gasteiger partial charge is 0.475 e. The Morgan fingerprint density at radius 3 is 2.80 bits per heavy atom. The van der Waals surface area contributed by atoms with E-state index < -0.39 is 56.1 Å². The fraction of sp³-hybridized carbons (Fsp3) is 0.667. The predicted molar refractivity (Wildman–Crippen MR) is 101 cm³/mol. The average molecular weight is 447 g/mol. The highest BCUT2D eigenvalue weighted by Gasteiger charge is 2.39. The van der Waals surface area contributed by atoms with E-state index in [1.165, 1.54) is 20.0 Å². The van der Waals surface area contributed by atoms with Crippen LogP contribution in [0.15, 0.2) is 20.9 Å². The van der Waals surface area contributed by atoms with E-state index in [0.29, 0.717) is 0 Å². The number of methoxy groups -OCH3 is 1. The van der Waals surface area contributed by atoms with Gasteiger partial charge in [0.05, 0.1) is 25.9 Å². The first-order valence-electron chi connectivity index (χ1n) is 8.72. The van der Waals surface area contributed by atoms with Crippen molar-refractivity contribution < 1.29 is 32.4 Å². The quantitative estimate of drug-likeness (QED) is 0.191. The number of rotatable bonds is 9. The zero-order valence-electron chi connectivity index (χ0n) is 16.7. The molecule has 14 nitrogen and oxygen atoms in total. The predicted octanol–water partition coefficient (Wildman–Crippen LogP) is 1.16. The van der Waals surface area contributed by atoms with Gasteiger partial charge in [0.25, 0.3) is 5.56 Å². The highest BCUT2D eigenvalue weighted by Crippen LogP contribution is 2.50. The summed E-state index contributed by atoms with van der Waals surface area (Å²) in [4.78, 5) is 40.0. The van der Waals surface area contributed by atoms with Gasteiger partial charge in [0.1, 0.15) is 6.23 Å². The third kappa shape index (κ3) is 5.57. The number of hydrogen-bond donors (Lipinski definition) is 1. The van der Waals surface area contributed by atoms with Crippen LogP contribution in [0.4, 0.5) is 0 Å². The number of hydrogen-bond acceptors (Lipinski definition) is 10. The third-order valence-electron chi connectivity index (χ3n) is 4.30. The van der Waals surface area contributed by atoms with Gasteiger partial charge < -0.3 is 9.47 Å². The fourth-order valence-corrected chi connectivity index (χ4v) is 3.77. The molecule has 1 aromatic rings. The molecule has 1 fully saturated rings. The maximum Gasteiger partial charge on any atom is 0.475 e. The summed E-state index contributed by atoms with van der Waals surface area (Å²) in [5.41, 5.74) is 7.86. The summed E-state index contributed by atoms with van der Waals surface area (Å²) in [5.74, 6) is -0.784. The number of nitrogens with one attached hydrogen (secondary N) is 1. The molecular weight excluding hydrogens is 425 g/mol. The van der Waals surface area contributed by atoms with Crippen molar-refractivity contribution in [3.8, 4) is 0 Å². The number of carbonyl (C=O) groups is 1. The molecule has 30 heavy (non-hydrogen) atoms. The van der Waals surface area contributed by atoms with Crippen LogP contribution in [0.1, 0.15) is 25.1 Å². The number of H-pyrrole nitrogens is 1. The van der Waals surface area contributed by atoms with E-state index in [9.17, 15) is 18.9 Å². The number of aromatic nitrogens is 2. The van der Waals surface area contributed by atoms with E-state index in [1.54, 1.807) is 0 Å². The Morgan fingerprint density at radius 2 is 2.20 bits per heavy atom. The lowest BCUT2D eigenvalue weighted by Gasteiger charge is -2.22. The number of nitrogens with zero attached hydrogens (tertiary/aromatic N) is 4. The molecule has 1 N–H and O–H groups in total. The van der Waals surface area contributed by atoms with Crippen LogP contribution in [-0.2, 0) is 32.4 Å². The Hall–Kier alpha value is -2.47. The average Bonchev–Trinajstić information content (AvgIpc) is 3.11. The summed E-state index contributed by atoms with van der Waals surface area (Å²) in [6.07, 6.45) is -1.59. The fourth-order valence-electron chi connectivity index (χ4n) is 2.72. The minimum Gasteiger partial charge on any atom is -0.467 e. The molecule has 1 aliphatic rings. The summed E-state index contributed by atoms with van der Waals surface area (Å²) < 4.78 is 39.0. The monoisotopic (exact) mass is 447 g/mol. The molecule has 0 saturated carbocycles. The second kappa shape index (κ2) is 10.0. The van der Waals surface area contributed by atoms with Crippen molar-refractivity contribution >= 4 is 13.8 Å². The van der Waals surface area contributed by atoms with Gasteiger partial charge in [-0.2, -0.15) is 0 Å². The standard InChI is InChI=1S/C15H22N5O9P/c1-8-6-20(15(23)17-13(8)21)12-5-10(18-19-16)11(28-12)7-27-30(24,26-4)29-9(2)14(22)25-3/h6,9-12H,5,7H2,1-4H3,(H,17,21,23)/t9?,10-,11+,12+,30?/m0/s1. The molecule has 0 aliphatic carbocycles. The second-order valence-corrected chi connectivity index (χ2v) is 8.04. The van der Waals surface area contributed by atoms with Crippen LogP contribution < -0.4 is 11.2 Å². The van der Waals surface area contributed by atoms with Gasteiger partial charge in [-0.25, -0.2) is 14.2 Å². The highest BCUT2D eigenvalue weighted by molar-refractivity contribution is 7.48. The molecule has 15 heteroatoms. The first kappa shape index (κ1) is 23.8. The van der Waals surface area contributed by atoms with Gasteiger partial charge in [-0.3, -0.25) is 27.9 Å². The molecule has 1 aliphatic heterocycles. The van der Waals surface area contributed by atoms with Gasteiger partial charge in [-0.05, 0) is 19.4 Å². The Balaban J connectivity index is 2.16. The van der Waals surface area contributed by atoms with Crippen LogP contribution in [0, 0.1) is 6.92 Å². The smallest absolute Gasteiger partial charge is 0.467 e. The van der Waals surface area contributed by atoms with Crippen LogP contribution in [0.3, 0.4) is 0 Å². The zero-order valence-corrected chi connectivity index (χ0v) is 17.6. The topological polar surface area (TPSA) is 184 Å². The minimum atomic E-state index is -4.17. The van der Waals surface area contributed by atoms with Crippen LogP contribution in [0.2, 0.25) is 0 Å². The number of ether oxygens (including phenoxy) is 2. The Morgan fingerprint density at radius 1 is 1.50 bits per heavy atom. The summed E-state index contributed by atoms with van der Waals surface area (Å²) >= 11 is 0. The summed E-state index contributed by atoms with van der Waals surface area (Å²) in [6, 6.07) is -0.775. The second-order valence-electron chi connectivity index (χ2n) is 6.31. The molecule has 5 atom stereocenters. The number of aromatic amines is 1. The first-order valence-corrected chi connectivity index (χ1v) is 10.2. The van der Waals surface area contributed by atoms with E-state index in [4.69, 9.17) is 23.8 Å². The molecule has 166 valence electrons. The molecule has 0 radical (unpaired) electrons. The van der Waals surface area contributed by atoms with Crippen LogP contribution in [0.5, 0.6) is 0 Å². The van der Waals surface area contributed by atoms with Gasteiger partial charge in [-0.1, -0.05) is 5.11 Å². The van der Waals surface area contributed by atoms with E-state index in [-0.39, 0.29) is 12.0 Å². The van der Waals surface area contributed by atoms with Gasteiger partial charge in [-0.15, -0.1) is 0 Å². The van der Waals surface area contributed by atoms with Crippen molar-refractivity contribution in [2.45, 2.75) is 44.7 Å². The number of phosphoric acid groups is 1. The summed E-state index contributed by atoms with van der Waals surface area (Å²) in [7, 11) is -1.97. The maximum atomic E-state index is 12.6. The van der Waals surface area contributed by atoms with Gasteiger partial charge in [0.2, 0.25) is 0 Å². The van der Waals surface area contributed by atoms with Crippen LogP contribution in [-0.4, -0.2) is 54.6 Å². The number of esters is 1. The van der Waals surface area contributed by atoms with Gasteiger partial charge in [0, 0.05) is 30.2 Å². The van der Waals surface area contributed by atoms with Gasteiger partial charge in [0.15, 0.2) is 6.10 Å². The Labute approximate surface area is 170 Å². The van der Waals surface area contributed by atoms with E-state index in [0.717, 1.165) is 18.8 Å². The highest BCUT2D eigenvalue weighted by atomic mass is 31.2. The molecule has 2 rings (SSSR count). The molecule has 2 heterocycles. The molecule has 1 saturated heterocycles. The SMILES string of the molecule is COC(=O)C(C)OP(=O)(OC)OC[C@H]1O[C@@H](n2cc(C)c(=O)[nH]c2=O)C[C@@H]1N=[N+]=[N-]. The van der Waals surface area contributed by atoms with Crippen molar-refractivity contribution in [1.29, 1.82) is 0 Å². The van der Waals surface area contributed by atoms with Crippen molar-refractivity contribution in [2.75, 3.05) is 20.8 Å². The lowest BCUT2D eigenvalue weighted by atomic mass is 10.1. The summed E-state index contributed by atoms with van der Waals surface area (Å²) in [5, 5.41) is 3.62. The minimum absolute atomic E-state index is 0.0974. The molecule has 2 unspecified atom stereocenters. The molecule has 0 amide bonds. The van der Waals surface area contributed by atoms with E-state index in [1.807, 2.05) is 0 Å². The number of carbonyl (C=O) groups excluding carboxylic acids is 1. The van der Waals surface area contributed by atoms with E-state index in [2.05, 4.69) is 19.7 Å². The molecule has 1 aromatic heterocycles. The van der Waals surface area contributed by atoms with Crippen LogP contribution >= 0.6 is 7.82 Å².